The minimum absolute atomic E-state index is 0.0000435. The van der Waals surface area contributed by atoms with E-state index in [4.69, 9.17) is 5.73 Å². The van der Waals surface area contributed by atoms with E-state index in [1.165, 1.54) is 5.56 Å². The number of hydrogen-bond acceptors (Lipinski definition) is 2. The van der Waals surface area contributed by atoms with Crippen LogP contribution in [0.4, 0.5) is 5.69 Å². The van der Waals surface area contributed by atoms with Crippen LogP contribution in [-0.2, 0) is 6.54 Å². The number of anilines is 1. The summed E-state index contributed by atoms with van der Waals surface area (Å²) in [6.45, 7) is 5.31. The van der Waals surface area contributed by atoms with Gasteiger partial charge in [0.15, 0.2) is 0 Å². The minimum Gasteiger partial charge on any atom is -0.398 e. The molecule has 0 atom stereocenters. The molecule has 0 saturated heterocycles. The van der Waals surface area contributed by atoms with Crippen LogP contribution >= 0.6 is 15.9 Å². The van der Waals surface area contributed by atoms with Crippen molar-refractivity contribution in [1.29, 1.82) is 0 Å². The molecule has 0 spiro atoms. The van der Waals surface area contributed by atoms with Gasteiger partial charge in [0.2, 0.25) is 0 Å². The SMILES string of the molecule is CCN(Cc1ccccc1C)C(=O)c1ccc(Br)c(N)c1. The number of amides is 1. The number of aryl methyl sites for hydroxylation is 1. The van der Waals surface area contributed by atoms with Gasteiger partial charge in [-0.1, -0.05) is 24.3 Å². The van der Waals surface area contributed by atoms with Crippen LogP contribution in [0, 0.1) is 6.92 Å². The standard InChI is InChI=1S/C17H19BrN2O/c1-3-20(11-14-7-5-4-6-12(14)2)17(21)13-8-9-15(18)16(19)10-13/h4-10H,3,11,19H2,1-2H3. The van der Waals surface area contributed by atoms with Crippen LogP contribution < -0.4 is 5.73 Å². The van der Waals surface area contributed by atoms with Gasteiger partial charge in [-0.15, -0.1) is 0 Å². The van der Waals surface area contributed by atoms with E-state index in [2.05, 4.69) is 35.0 Å². The summed E-state index contributed by atoms with van der Waals surface area (Å²) in [5.74, 6) is -0.0000435. The van der Waals surface area contributed by atoms with E-state index < -0.39 is 0 Å². The van der Waals surface area contributed by atoms with Crippen molar-refractivity contribution in [3.05, 3.63) is 63.6 Å². The van der Waals surface area contributed by atoms with Crippen molar-refractivity contribution in [3.63, 3.8) is 0 Å². The van der Waals surface area contributed by atoms with Crippen LogP contribution in [0.2, 0.25) is 0 Å². The van der Waals surface area contributed by atoms with Crippen LogP contribution in [0.25, 0.3) is 0 Å². The zero-order valence-electron chi connectivity index (χ0n) is 12.3. The molecule has 0 bridgehead atoms. The fraction of sp³-hybridized carbons (Fsp3) is 0.235. The van der Waals surface area contributed by atoms with Gasteiger partial charge in [0, 0.05) is 28.8 Å². The Bertz CT molecular complexity index is 655. The number of hydrogen-bond donors (Lipinski definition) is 1. The Balaban J connectivity index is 2.22. The highest BCUT2D eigenvalue weighted by Gasteiger charge is 2.16. The molecule has 110 valence electrons. The molecule has 3 nitrogen and oxygen atoms in total. The summed E-state index contributed by atoms with van der Waals surface area (Å²) in [5, 5.41) is 0. The average Bonchev–Trinajstić information content (AvgIpc) is 2.48. The van der Waals surface area contributed by atoms with Crippen molar-refractivity contribution in [2.24, 2.45) is 0 Å². The molecule has 0 unspecified atom stereocenters. The maximum Gasteiger partial charge on any atom is 0.254 e. The smallest absolute Gasteiger partial charge is 0.254 e. The van der Waals surface area contributed by atoms with Gasteiger partial charge in [-0.05, 0) is 59.1 Å². The number of carbonyl (C=O) groups is 1. The number of rotatable bonds is 4. The summed E-state index contributed by atoms with van der Waals surface area (Å²) in [6, 6.07) is 13.4. The van der Waals surface area contributed by atoms with E-state index >= 15 is 0 Å². The summed E-state index contributed by atoms with van der Waals surface area (Å²) in [4.78, 5) is 14.4. The van der Waals surface area contributed by atoms with Gasteiger partial charge in [0.05, 0.1) is 0 Å². The number of nitrogens with two attached hydrogens (primary N) is 1. The fourth-order valence-corrected chi connectivity index (χ4v) is 2.43. The van der Waals surface area contributed by atoms with E-state index in [-0.39, 0.29) is 5.91 Å². The summed E-state index contributed by atoms with van der Waals surface area (Å²) >= 11 is 3.35. The van der Waals surface area contributed by atoms with Crippen LogP contribution in [0.15, 0.2) is 46.9 Å². The molecule has 2 aromatic carbocycles. The normalized spacial score (nSPS) is 10.4. The second kappa shape index (κ2) is 6.76. The Labute approximate surface area is 133 Å². The first-order valence-corrected chi connectivity index (χ1v) is 7.71. The van der Waals surface area contributed by atoms with Crippen molar-refractivity contribution in [1.82, 2.24) is 4.90 Å². The lowest BCUT2D eigenvalue weighted by atomic mass is 10.1. The Morgan fingerprint density at radius 3 is 2.57 bits per heavy atom. The summed E-state index contributed by atoms with van der Waals surface area (Å²) < 4.78 is 0.806. The molecule has 0 aliphatic heterocycles. The van der Waals surface area contributed by atoms with Crippen LogP contribution in [0.1, 0.15) is 28.4 Å². The molecule has 0 fully saturated rings. The lowest BCUT2D eigenvalue weighted by Crippen LogP contribution is -2.30. The first-order chi connectivity index (χ1) is 10.0. The quantitative estimate of drug-likeness (QED) is 0.850. The topological polar surface area (TPSA) is 46.3 Å². The Morgan fingerprint density at radius 2 is 1.95 bits per heavy atom. The zero-order chi connectivity index (χ0) is 15.4. The molecule has 2 rings (SSSR count). The average molecular weight is 347 g/mol. The molecule has 2 N–H and O–H groups in total. The number of carbonyl (C=O) groups excluding carboxylic acids is 1. The maximum absolute atomic E-state index is 12.6. The van der Waals surface area contributed by atoms with E-state index in [0.717, 1.165) is 10.0 Å². The highest BCUT2D eigenvalue weighted by Crippen LogP contribution is 2.21. The first-order valence-electron chi connectivity index (χ1n) is 6.91. The third-order valence-electron chi connectivity index (χ3n) is 3.53. The molecular weight excluding hydrogens is 328 g/mol. The fourth-order valence-electron chi connectivity index (χ4n) is 2.18. The van der Waals surface area contributed by atoms with Gasteiger partial charge in [-0.3, -0.25) is 4.79 Å². The van der Waals surface area contributed by atoms with Crippen molar-refractivity contribution in [2.45, 2.75) is 20.4 Å². The zero-order valence-corrected chi connectivity index (χ0v) is 13.9. The molecule has 0 saturated carbocycles. The van der Waals surface area contributed by atoms with Crippen molar-refractivity contribution < 1.29 is 4.79 Å². The summed E-state index contributed by atoms with van der Waals surface area (Å²) in [6.07, 6.45) is 0. The second-order valence-corrected chi connectivity index (χ2v) is 5.84. The molecule has 4 heteroatoms. The second-order valence-electron chi connectivity index (χ2n) is 4.98. The largest absolute Gasteiger partial charge is 0.398 e. The van der Waals surface area contributed by atoms with Crippen molar-refractivity contribution >= 4 is 27.5 Å². The van der Waals surface area contributed by atoms with Crippen LogP contribution in [0.5, 0.6) is 0 Å². The maximum atomic E-state index is 12.6. The molecule has 2 aromatic rings. The first kappa shape index (κ1) is 15.6. The monoisotopic (exact) mass is 346 g/mol. The predicted molar refractivity (Wildman–Crippen MR) is 90.1 cm³/mol. The number of nitrogen functional groups attached to an aromatic ring is 1. The van der Waals surface area contributed by atoms with Gasteiger partial charge >= 0.3 is 0 Å². The lowest BCUT2D eigenvalue weighted by Gasteiger charge is -2.22. The van der Waals surface area contributed by atoms with Crippen molar-refractivity contribution in [2.75, 3.05) is 12.3 Å². The number of benzene rings is 2. The number of nitrogens with zero attached hydrogens (tertiary/aromatic N) is 1. The third-order valence-corrected chi connectivity index (χ3v) is 4.26. The van der Waals surface area contributed by atoms with Gasteiger partial charge in [-0.25, -0.2) is 0 Å². The Morgan fingerprint density at radius 1 is 1.24 bits per heavy atom. The van der Waals surface area contributed by atoms with E-state index in [0.29, 0.717) is 24.3 Å². The highest BCUT2D eigenvalue weighted by atomic mass is 79.9. The number of halogens is 1. The van der Waals surface area contributed by atoms with Crippen molar-refractivity contribution in [3.8, 4) is 0 Å². The van der Waals surface area contributed by atoms with Gasteiger partial charge in [0.25, 0.3) is 5.91 Å². The van der Waals surface area contributed by atoms with E-state index in [1.807, 2.05) is 30.0 Å². The van der Waals surface area contributed by atoms with E-state index in [1.54, 1.807) is 12.1 Å². The third kappa shape index (κ3) is 3.64. The van der Waals surface area contributed by atoms with Gasteiger partial charge in [0.1, 0.15) is 0 Å². The lowest BCUT2D eigenvalue weighted by molar-refractivity contribution is 0.0752. The minimum atomic E-state index is -0.0000435. The molecule has 0 aromatic heterocycles. The van der Waals surface area contributed by atoms with Gasteiger partial charge in [-0.2, -0.15) is 0 Å². The summed E-state index contributed by atoms with van der Waals surface area (Å²) in [7, 11) is 0. The molecule has 0 heterocycles. The molecule has 0 aliphatic rings. The molecule has 0 aliphatic carbocycles. The van der Waals surface area contributed by atoms with E-state index in [9.17, 15) is 4.79 Å². The molecule has 0 radical (unpaired) electrons. The van der Waals surface area contributed by atoms with Crippen LogP contribution in [-0.4, -0.2) is 17.4 Å². The predicted octanol–water partition coefficient (Wildman–Crippen LogP) is 4.00. The van der Waals surface area contributed by atoms with Crippen LogP contribution in [0.3, 0.4) is 0 Å². The highest BCUT2D eigenvalue weighted by molar-refractivity contribution is 9.10. The molecule has 1 amide bonds. The Kier molecular flexibility index (Phi) is 5.02. The molecule has 21 heavy (non-hydrogen) atoms. The summed E-state index contributed by atoms with van der Waals surface area (Å²) in [5.41, 5.74) is 9.41. The Hall–Kier alpha value is -1.81. The van der Waals surface area contributed by atoms with Gasteiger partial charge < -0.3 is 10.6 Å². The molecular formula is C17H19BrN2O.